The van der Waals surface area contributed by atoms with Crippen LogP contribution in [0.3, 0.4) is 0 Å². The molecular weight excluding hydrogens is 281 g/mol. The van der Waals surface area contributed by atoms with Crippen molar-refractivity contribution in [1.82, 2.24) is 10.2 Å². The van der Waals surface area contributed by atoms with Gasteiger partial charge in [-0.3, -0.25) is 9.64 Å². The van der Waals surface area contributed by atoms with Gasteiger partial charge in [-0.1, -0.05) is 13.8 Å². The maximum absolute atomic E-state index is 12.2. The van der Waals surface area contributed by atoms with E-state index in [4.69, 9.17) is 0 Å². The molecule has 1 aliphatic heterocycles. The van der Waals surface area contributed by atoms with Gasteiger partial charge in [-0.25, -0.2) is 0 Å². The molecule has 2 fully saturated rings. The van der Waals surface area contributed by atoms with Crippen molar-refractivity contribution in [2.24, 2.45) is 5.92 Å². The van der Waals surface area contributed by atoms with Crippen LogP contribution in [0.15, 0.2) is 0 Å². The van der Waals surface area contributed by atoms with Gasteiger partial charge in [-0.05, 0) is 38.5 Å². The molecule has 1 saturated heterocycles. The number of hydrogen-bond acceptors (Lipinski definition) is 3. The molecule has 0 radical (unpaired) electrons. The van der Waals surface area contributed by atoms with E-state index in [0.29, 0.717) is 12.5 Å². The summed E-state index contributed by atoms with van der Waals surface area (Å²) in [6.45, 7) is 8.14. The number of alkyl halides is 3. The van der Waals surface area contributed by atoms with E-state index in [2.05, 4.69) is 35.7 Å². The summed E-state index contributed by atoms with van der Waals surface area (Å²) in [5.41, 5.74) is -0.0184. The molecular formula is C15H27F3N2O. The minimum absolute atomic E-state index is 0.0338. The largest absolute Gasteiger partial charge is 0.522 e. The zero-order valence-electron chi connectivity index (χ0n) is 13.2. The summed E-state index contributed by atoms with van der Waals surface area (Å²) in [5, 5.41) is 3.68. The van der Waals surface area contributed by atoms with Gasteiger partial charge in [0.15, 0.2) is 0 Å². The minimum atomic E-state index is -4.53. The zero-order chi connectivity index (χ0) is 15.7. The Hall–Kier alpha value is -0.330. The van der Waals surface area contributed by atoms with Crippen LogP contribution in [-0.4, -0.2) is 48.6 Å². The average molecular weight is 308 g/mol. The third-order valence-electron chi connectivity index (χ3n) is 5.43. The summed E-state index contributed by atoms with van der Waals surface area (Å²) in [4.78, 5) is 2.23. The van der Waals surface area contributed by atoms with Gasteiger partial charge in [0.05, 0.1) is 6.61 Å². The summed E-state index contributed by atoms with van der Waals surface area (Å²) in [7, 11) is 0. The Morgan fingerprint density at radius 1 is 1.24 bits per heavy atom. The molecule has 1 atom stereocenters. The predicted molar refractivity (Wildman–Crippen MR) is 76.0 cm³/mol. The first-order valence-electron chi connectivity index (χ1n) is 7.95. The van der Waals surface area contributed by atoms with Crippen LogP contribution in [0.2, 0.25) is 0 Å². The second kappa shape index (κ2) is 6.05. The van der Waals surface area contributed by atoms with E-state index >= 15 is 0 Å². The lowest BCUT2D eigenvalue weighted by Gasteiger charge is -2.54. The summed E-state index contributed by atoms with van der Waals surface area (Å²) < 4.78 is 40.6. The Balaban J connectivity index is 2.02. The number of nitrogens with zero attached hydrogens (tertiary/aromatic N) is 1. The highest BCUT2D eigenvalue weighted by atomic mass is 19.4. The van der Waals surface area contributed by atoms with Gasteiger partial charge >= 0.3 is 6.36 Å². The van der Waals surface area contributed by atoms with E-state index in [0.717, 1.165) is 25.9 Å². The van der Waals surface area contributed by atoms with Crippen molar-refractivity contribution in [2.45, 2.75) is 63.9 Å². The number of nitrogens with one attached hydrogen (secondary N) is 1. The molecule has 0 bridgehead atoms. The highest BCUT2D eigenvalue weighted by Gasteiger charge is 2.49. The second-order valence-electron chi connectivity index (χ2n) is 6.69. The van der Waals surface area contributed by atoms with Crippen molar-refractivity contribution >= 4 is 0 Å². The van der Waals surface area contributed by atoms with Crippen LogP contribution in [0.1, 0.15) is 46.5 Å². The lowest BCUT2D eigenvalue weighted by molar-refractivity contribution is -0.325. The lowest BCUT2D eigenvalue weighted by Crippen LogP contribution is -2.70. The number of halogens is 3. The second-order valence-corrected chi connectivity index (χ2v) is 6.69. The van der Waals surface area contributed by atoms with Crippen molar-refractivity contribution in [3.63, 3.8) is 0 Å². The highest BCUT2D eigenvalue weighted by molar-refractivity contribution is 5.08. The number of rotatable bonds is 6. The van der Waals surface area contributed by atoms with Crippen LogP contribution < -0.4 is 5.32 Å². The van der Waals surface area contributed by atoms with Gasteiger partial charge in [0.1, 0.15) is 0 Å². The van der Waals surface area contributed by atoms with Crippen LogP contribution in [0, 0.1) is 5.92 Å². The highest BCUT2D eigenvalue weighted by Crippen LogP contribution is 2.43. The Kier molecular flexibility index (Phi) is 4.90. The van der Waals surface area contributed by atoms with Gasteiger partial charge in [0.2, 0.25) is 0 Å². The molecule has 1 aliphatic carbocycles. The summed E-state index contributed by atoms with van der Waals surface area (Å²) in [5.74, 6) is 0.662. The zero-order valence-corrected chi connectivity index (χ0v) is 13.2. The number of piperazine rings is 1. The maximum atomic E-state index is 12.2. The molecule has 21 heavy (non-hydrogen) atoms. The lowest BCUT2D eigenvalue weighted by atomic mass is 9.81. The van der Waals surface area contributed by atoms with E-state index in [1.165, 1.54) is 12.8 Å². The Labute approximate surface area is 125 Å². The third kappa shape index (κ3) is 3.90. The topological polar surface area (TPSA) is 24.5 Å². The molecule has 0 aromatic heterocycles. The molecule has 6 heteroatoms. The van der Waals surface area contributed by atoms with E-state index < -0.39 is 6.36 Å². The number of hydrogen-bond donors (Lipinski definition) is 1. The van der Waals surface area contributed by atoms with Crippen molar-refractivity contribution in [3.8, 4) is 0 Å². The van der Waals surface area contributed by atoms with Gasteiger partial charge in [0, 0.05) is 30.7 Å². The quantitative estimate of drug-likeness (QED) is 0.816. The maximum Gasteiger partial charge on any atom is 0.522 e. The standard InChI is InChI=1S/C15H27F3N2O/c1-4-14(5-2)10-19-13(3,12-6-7-12)11-20(14)8-9-21-15(16,17)18/h12,19H,4-11H2,1-3H3. The normalized spacial score (nSPS) is 30.6. The molecule has 1 unspecified atom stereocenters. The van der Waals surface area contributed by atoms with Crippen molar-refractivity contribution in [3.05, 3.63) is 0 Å². The predicted octanol–water partition coefficient (Wildman–Crippen LogP) is 3.16. The van der Waals surface area contributed by atoms with Gasteiger partial charge < -0.3 is 5.32 Å². The van der Waals surface area contributed by atoms with Gasteiger partial charge in [-0.2, -0.15) is 0 Å². The smallest absolute Gasteiger partial charge is 0.308 e. The fourth-order valence-electron chi connectivity index (χ4n) is 3.63. The van der Waals surface area contributed by atoms with Crippen LogP contribution in [-0.2, 0) is 4.74 Å². The Bertz CT molecular complexity index is 353. The summed E-state index contributed by atoms with van der Waals surface area (Å²) >= 11 is 0. The molecule has 0 aromatic rings. The first-order chi connectivity index (χ1) is 9.75. The molecule has 3 nitrogen and oxygen atoms in total. The fourth-order valence-corrected chi connectivity index (χ4v) is 3.63. The van der Waals surface area contributed by atoms with Crippen LogP contribution in [0.5, 0.6) is 0 Å². The fraction of sp³-hybridized carbons (Fsp3) is 1.00. The SMILES string of the molecule is CCC1(CC)CNC(C)(C2CC2)CN1CCOC(F)(F)F. The summed E-state index contributed by atoms with van der Waals surface area (Å²) in [6.07, 6.45) is -0.218. The molecule has 2 rings (SSSR count). The van der Waals surface area contributed by atoms with E-state index in [-0.39, 0.29) is 17.7 Å². The third-order valence-corrected chi connectivity index (χ3v) is 5.43. The molecule has 1 heterocycles. The molecule has 124 valence electrons. The summed E-state index contributed by atoms with van der Waals surface area (Å²) in [6, 6.07) is 0. The molecule has 1 saturated carbocycles. The van der Waals surface area contributed by atoms with E-state index in [1.54, 1.807) is 0 Å². The Morgan fingerprint density at radius 3 is 2.33 bits per heavy atom. The molecule has 0 amide bonds. The molecule has 1 N–H and O–H groups in total. The monoisotopic (exact) mass is 308 g/mol. The average Bonchev–Trinajstić information content (AvgIpc) is 3.23. The van der Waals surface area contributed by atoms with Crippen LogP contribution >= 0.6 is 0 Å². The van der Waals surface area contributed by atoms with Crippen LogP contribution in [0.4, 0.5) is 13.2 Å². The van der Waals surface area contributed by atoms with Crippen molar-refractivity contribution in [1.29, 1.82) is 0 Å². The molecule has 0 aromatic carbocycles. The van der Waals surface area contributed by atoms with Crippen molar-refractivity contribution < 1.29 is 17.9 Å². The molecule has 0 spiro atoms. The van der Waals surface area contributed by atoms with E-state index in [1.807, 2.05) is 0 Å². The minimum Gasteiger partial charge on any atom is -0.308 e. The van der Waals surface area contributed by atoms with Gasteiger partial charge in [-0.15, -0.1) is 13.2 Å². The van der Waals surface area contributed by atoms with E-state index in [9.17, 15) is 13.2 Å². The van der Waals surface area contributed by atoms with Crippen molar-refractivity contribution in [2.75, 3.05) is 26.2 Å². The van der Waals surface area contributed by atoms with Gasteiger partial charge in [0.25, 0.3) is 0 Å². The number of ether oxygens (including phenoxy) is 1. The molecule has 2 aliphatic rings. The first-order valence-corrected chi connectivity index (χ1v) is 7.95. The Morgan fingerprint density at radius 2 is 1.86 bits per heavy atom. The van der Waals surface area contributed by atoms with Crippen LogP contribution in [0.25, 0.3) is 0 Å². The first kappa shape index (κ1) is 17.0.